The van der Waals surface area contributed by atoms with Crippen LogP contribution in [0.25, 0.3) is 73.2 Å². The maximum absolute atomic E-state index is 5.63. The first kappa shape index (κ1) is 85.2. The summed E-state index contributed by atoms with van der Waals surface area (Å²) < 4.78 is 20.2. The van der Waals surface area contributed by atoms with E-state index in [0.717, 1.165) is 44.6 Å². The molecule has 0 aromatic carbocycles. The van der Waals surface area contributed by atoms with Crippen molar-refractivity contribution in [2.24, 2.45) is 0 Å². The molecular formula is C94H144N6S6. The molecule has 0 amide bonds. The minimum atomic E-state index is -0.0751. The predicted octanol–water partition coefficient (Wildman–Crippen LogP) is 34.4. The first-order valence-electron chi connectivity index (χ1n) is 45.1. The Morgan fingerprint density at radius 3 is 0.830 bits per heavy atom. The Labute approximate surface area is 671 Å². The standard InChI is InChI=1S/C94H144N6S6/c1-7-11-15-19-23-27-31-35-39-43-47-51-55-59-63-93(64-60-56-52-48-44-40-36-32-28-24-20-16-12-8-2)76-67-74(6)101-89(76)90-77(93)68-80(102-90)75-72-96-86(88-84(75)98-106-100-88)82-70-79-92(104-82)91-78(69-81(103-91)85-87-83(97-105-99-87)73(5)71-95-85)94(79,65-61-57-53-49-45-41-37-33-29-25-21-17-13-9-3)66-62-58-54-50-46-42-38-34-30-26-22-18-14-10-4/h67-72H,7-66H2,1-6H3. The highest BCUT2D eigenvalue weighted by atomic mass is 32.1. The Balaban J connectivity index is 0.881. The monoisotopic (exact) mass is 1550 g/mol. The summed E-state index contributed by atoms with van der Waals surface area (Å²) in [6, 6.07) is 10.5. The number of nitrogens with zero attached hydrogens (tertiary/aromatic N) is 6. The Bertz CT molecular complexity index is 3640. The lowest BCUT2D eigenvalue weighted by molar-refractivity contribution is 0.397. The molecule has 0 radical (unpaired) electrons. The fraction of sp³-hybridized carbons (Fsp3) is 0.723. The Hall–Kier alpha value is -3.26. The van der Waals surface area contributed by atoms with Gasteiger partial charge in [-0.3, -0.25) is 9.97 Å². The second-order valence-electron chi connectivity index (χ2n) is 33.4. The molecule has 0 N–H and O–H groups in total. The summed E-state index contributed by atoms with van der Waals surface area (Å²) >= 11 is 10.7. The van der Waals surface area contributed by atoms with E-state index in [2.05, 4.69) is 83.3 Å². The van der Waals surface area contributed by atoms with E-state index in [0.29, 0.717) is 0 Å². The third kappa shape index (κ3) is 24.4. The van der Waals surface area contributed by atoms with E-state index in [1.165, 1.54) is 443 Å². The molecule has 586 valence electrons. The lowest BCUT2D eigenvalue weighted by Gasteiger charge is -2.31. The van der Waals surface area contributed by atoms with Crippen molar-refractivity contribution in [2.45, 2.75) is 438 Å². The molecule has 0 bridgehead atoms. The summed E-state index contributed by atoms with van der Waals surface area (Å²) in [5.74, 6) is 0. The molecule has 0 aliphatic heterocycles. The Morgan fingerprint density at radius 1 is 0.255 bits per heavy atom. The van der Waals surface area contributed by atoms with Crippen LogP contribution >= 0.6 is 68.8 Å². The van der Waals surface area contributed by atoms with E-state index in [1.807, 2.05) is 40.2 Å². The zero-order chi connectivity index (χ0) is 73.7. The van der Waals surface area contributed by atoms with Gasteiger partial charge in [0.2, 0.25) is 0 Å². The molecule has 0 spiro atoms. The number of hydrogen-bond donors (Lipinski definition) is 0. The highest BCUT2D eigenvalue weighted by molar-refractivity contribution is 7.26. The summed E-state index contributed by atoms with van der Waals surface area (Å²) in [5, 5.41) is 0. The van der Waals surface area contributed by atoms with Gasteiger partial charge in [-0.15, -0.1) is 45.3 Å². The normalized spacial score (nSPS) is 13.5. The van der Waals surface area contributed by atoms with Gasteiger partial charge in [-0.2, -0.15) is 17.5 Å². The Morgan fingerprint density at radius 2 is 0.500 bits per heavy atom. The second kappa shape index (κ2) is 48.0. The van der Waals surface area contributed by atoms with Crippen LogP contribution in [0.3, 0.4) is 0 Å². The molecule has 12 heteroatoms. The summed E-state index contributed by atoms with van der Waals surface area (Å²) in [6.45, 7) is 13.8. The van der Waals surface area contributed by atoms with Crippen molar-refractivity contribution in [3.05, 3.63) is 69.4 Å². The minimum Gasteiger partial charge on any atom is -0.253 e. The Kier molecular flexibility index (Phi) is 38.5. The lowest BCUT2D eigenvalue weighted by Crippen LogP contribution is -2.25. The number of thiophene rings is 4. The molecule has 2 aliphatic rings. The molecule has 0 saturated heterocycles. The molecule has 10 rings (SSSR count). The number of aryl methyl sites for hydroxylation is 2. The van der Waals surface area contributed by atoms with Gasteiger partial charge in [0.1, 0.15) is 33.5 Å². The molecule has 106 heavy (non-hydrogen) atoms. The predicted molar refractivity (Wildman–Crippen MR) is 473 cm³/mol. The van der Waals surface area contributed by atoms with Gasteiger partial charge in [-0.1, -0.05) is 387 Å². The fourth-order valence-corrected chi connectivity index (χ4v) is 24.8. The maximum atomic E-state index is 5.63. The number of hydrogen-bond acceptors (Lipinski definition) is 12. The summed E-state index contributed by atoms with van der Waals surface area (Å²) in [4.78, 5) is 22.0. The van der Waals surface area contributed by atoms with E-state index in [4.69, 9.17) is 27.5 Å². The van der Waals surface area contributed by atoms with Crippen molar-refractivity contribution < 1.29 is 0 Å². The topological polar surface area (TPSA) is 77.3 Å². The first-order chi connectivity index (χ1) is 52.4. The van der Waals surface area contributed by atoms with Crippen LogP contribution in [0.4, 0.5) is 0 Å². The van der Waals surface area contributed by atoms with E-state index in [9.17, 15) is 0 Å². The minimum absolute atomic E-state index is 0.0633. The van der Waals surface area contributed by atoms with Gasteiger partial charge in [0.15, 0.2) is 0 Å². The molecular weight excluding hydrogens is 1410 g/mol. The van der Waals surface area contributed by atoms with Crippen LogP contribution in [0.5, 0.6) is 0 Å². The summed E-state index contributed by atoms with van der Waals surface area (Å²) in [6.07, 6.45) is 87.0. The van der Waals surface area contributed by atoms with E-state index in [-0.39, 0.29) is 10.8 Å². The molecule has 0 saturated carbocycles. The summed E-state index contributed by atoms with van der Waals surface area (Å²) in [5.41, 5.74) is 14.6. The van der Waals surface area contributed by atoms with Crippen molar-refractivity contribution >= 4 is 90.9 Å². The zero-order valence-electron chi connectivity index (χ0n) is 68.0. The quantitative estimate of drug-likeness (QED) is 0.0354. The largest absolute Gasteiger partial charge is 0.253 e. The highest BCUT2D eigenvalue weighted by Gasteiger charge is 2.47. The van der Waals surface area contributed by atoms with Crippen LogP contribution in [0.15, 0.2) is 36.7 Å². The van der Waals surface area contributed by atoms with Crippen LogP contribution in [-0.4, -0.2) is 27.5 Å². The molecule has 8 heterocycles. The van der Waals surface area contributed by atoms with Gasteiger partial charge in [-0.05, 0) is 91.6 Å². The molecule has 0 atom stereocenters. The number of aromatic nitrogens is 6. The van der Waals surface area contributed by atoms with E-state index < -0.39 is 0 Å². The second-order valence-corrected chi connectivity index (χ2v) is 38.9. The van der Waals surface area contributed by atoms with E-state index in [1.54, 1.807) is 27.1 Å². The van der Waals surface area contributed by atoms with Crippen LogP contribution in [0, 0.1) is 13.8 Å². The lowest BCUT2D eigenvalue weighted by atomic mass is 9.71. The van der Waals surface area contributed by atoms with Crippen molar-refractivity contribution in [3.63, 3.8) is 0 Å². The van der Waals surface area contributed by atoms with Crippen LogP contribution < -0.4 is 0 Å². The number of rotatable bonds is 63. The van der Waals surface area contributed by atoms with Crippen molar-refractivity contribution in [2.75, 3.05) is 0 Å². The van der Waals surface area contributed by atoms with Gasteiger partial charge in [0, 0.05) is 58.1 Å². The SMILES string of the molecule is CCCCCCCCCCCCCCCCC1(CCCCCCCCCCCCCCCC)c2cc(C)sc2-c2sc(-c3cnc(-c4cc5c(s4)-c4sc(-c6ncc(C)c7nsnc67)cc4C5(CCCCCCCCCCCCCCCC)CCCCCCCCCCCCCCCC)c4nsnc34)cc21. The molecule has 6 nitrogen and oxygen atoms in total. The van der Waals surface area contributed by atoms with Gasteiger partial charge in [0.25, 0.3) is 0 Å². The van der Waals surface area contributed by atoms with Crippen molar-refractivity contribution in [3.8, 4) is 51.1 Å². The first-order valence-corrected chi connectivity index (χ1v) is 49.8. The molecule has 0 fully saturated rings. The third-order valence-electron chi connectivity index (χ3n) is 24.9. The average molecular weight is 1550 g/mol. The molecule has 8 aromatic rings. The van der Waals surface area contributed by atoms with Crippen molar-refractivity contribution in [1.82, 2.24) is 27.5 Å². The smallest absolute Gasteiger partial charge is 0.132 e. The van der Waals surface area contributed by atoms with Crippen LogP contribution in [0.2, 0.25) is 0 Å². The molecule has 8 aromatic heterocycles. The van der Waals surface area contributed by atoms with E-state index >= 15 is 0 Å². The maximum Gasteiger partial charge on any atom is 0.132 e. The summed E-state index contributed by atoms with van der Waals surface area (Å²) in [7, 11) is 0. The fourth-order valence-electron chi connectivity index (χ4n) is 18.5. The van der Waals surface area contributed by atoms with Gasteiger partial charge in [0.05, 0.1) is 33.2 Å². The number of unbranched alkanes of at least 4 members (excludes halogenated alkanes) is 52. The zero-order valence-corrected chi connectivity index (χ0v) is 72.9. The van der Waals surface area contributed by atoms with Crippen LogP contribution in [-0.2, 0) is 10.8 Å². The van der Waals surface area contributed by atoms with Crippen LogP contribution in [0.1, 0.15) is 446 Å². The van der Waals surface area contributed by atoms with Gasteiger partial charge in [-0.25, -0.2) is 0 Å². The van der Waals surface area contributed by atoms with Gasteiger partial charge >= 0.3 is 0 Å². The van der Waals surface area contributed by atoms with Gasteiger partial charge < -0.3 is 0 Å². The number of fused-ring (bicyclic) bond motifs is 8. The third-order valence-corrected chi connectivity index (χ3v) is 30.7. The molecule has 0 unspecified atom stereocenters. The number of pyridine rings is 2. The highest BCUT2D eigenvalue weighted by Crippen LogP contribution is 2.64. The molecule has 2 aliphatic carbocycles. The average Bonchev–Trinajstić information content (AvgIpc) is 1.55. The van der Waals surface area contributed by atoms with Crippen molar-refractivity contribution in [1.29, 1.82) is 0 Å².